The minimum Gasteiger partial charge on any atom is -0.451 e. The van der Waals surface area contributed by atoms with E-state index in [-0.39, 0.29) is 11.6 Å². The highest BCUT2D eigenvalue weighted by molar-refractivity contribution is 5.56. The summed E-state index contributed by atoms with van der Waals surface area (Å²) in [6.07, 6.45) is 8.75. The van der Waals surface area contributed by atoms with Crippen molar-refractivity contribution in [3.63, 3.8) is 0 Å². The molecule has 1 aliphatic rings. The Labute approximate surface area is 145 Å². The summed E-state index contributed by atoms with van der Waals surface area (Å²) < 4.78 is 6.61. The van der Waals surface area contributed by atoms with E-state index in [2.05, 4.69) is 20.0 Å². The van der Waals surface area contributed by atoms with Crippen molar-refractivity contribution in [2.75, 3.05) is 6.54 Å². The molecule has 128 valence electrons. The molecule has 0 saturated carbocycles. The lowest BCUT2D eigenvalue weighted by molar-refractivity contribution is 0.214. The van der Waals surface area contributed by atoms with Gasteiger partial charge in [0, 0.05) is 36.6 Å². The van der Waals surface area contributed by atoms with Gasteiger partial charge in [-0.05, 0) is 37.6 Å². The van der Waals surface area contributed by atoms with E-state index < -0.39 is 0 Å². The van der Waals surface area contributed by atoms with Crippen molar-refractivity contribution in [2.45, 2.75) is 32.0 Å². The predicted molar refractivity (Wildman–Crippen MR) is 91.7 cm³/mol. The summed E-state index contributed by atoms with van der Waals surface area (Å²) in [6, 6.07) is 7.40. The van der Waals surface area contributed by atoms with E-state index in [0.29, 0.717) is 6.54 Å². The van der Waals surface area contributed by atoms with Crippen LogP contribution in [0.1, 0.15) is 18.5 Å². The summed E-state index contributed by atoms with van der Waals surface area (Å²) in [5.41, 5.74) is 2.49. The Morgan fingerprint density at radius 1 is 1.28 bits per heavy atom. The van der Waals surface area contributed by atoms with Crippen molar-refractivity contribution >= 4 is 0 Å². The summed E-state index contributed by atoms with van der Waals surface area (Å²) >= 11 is 0. The fourth-order valence-corrected chi connectivity index (χ4v) is 3.28. The molecule has 7 nitrogen and oxygen atoms in total. The van der Waals surface area contributed by atoms with Crippen LogP contribution in [0, 0.1) is 0 Å². The maximum Gasteiger partial charge on any atom is 0.266 e. The average molecular weight is 337 g/mol. The van der Waals surface area contributed by atoms with Crippen LogP contribution in [0.5, 0.6) is 0 Å². The standard InChI is InChI=1S/C18H19N5O2/c24-18-6-5-17(14-3-1-7-19-9-14)21-23(18)11-16-4-2-8-22(16)10-15-12-25-13-20-15/h1,3,5-7,9,12-13,16H,2,4,8,10-11H2. The highest BCUT2D eigenvalue weighted by Gasteiger charge is 2.26. The molecular weight excluding hydrogens is 318 g/mol. The van der Waals surface area contributed by atoms with E-state index in [9.17, 15) is 4.79 Å². The summed E-state index contributed by atoms with van der Waals surface area (Å²) in [5, 5.41) is 4.54. The van der Waals surface area contributed by atoms with E-state index in [4.69, 9.17) is 4.42 Å². The Morgan fingerprint density at radius 2 is 2.24 bits per heavy atom. The molecule has 3 aromatic heterocycles. The van der Waals surface area contributed by atoms with Crippen molar-refractivity contribution in [1.82, 2.24) is 24.6 Å². The first-order valence-electron chi connectivity index (χ1n) is 8.39. The van der Waals surface area contributed by atoms with Crippen molar-refractivity contribution < 1.29 is 4.42 Å². The largest absolute Gasteiger partial charge is 0.451 e. The predicted octanol–water partition coefficient (Wildman–Crippen LogP) is 1.96. The monoisotopic (exact) mass is 337 g/mol. The number of oxazole rings is 1. The molecule has 0 spiro atoms. The Balaban J connectivity index is 1.54. The molecule has 1 saturated heterocycles. The number of nitrogens with zero attached hydrogens (tertiary/aromatic N) is 5. The third-order valence-electron chi connectivity index (χ3n) is 4.56. The fraction of sp³-hybridized carbons (Fsp3) is 0.333. The molecule has 25 heavy (non-hydrogen) atoms. The lowest BCUT2D eigenvalue weighted by atomic mass is 10.2. The second-order valence-corrected chi connectivity index (χ2v) is 6.23. The minimum atomic E-state index is -0.0825. The Bertz CT molecular complexity index is 876. The molecule has 0 bridgehead atoms. The summed E-state index contributed by atoms with van der Waals surface area (Å²) in [4.78, 5) is 22.9. The maximum absolute atomic E-state index is 12.3. The number of hydrogen-bond donors (Lipinski definition) is 0. The Kier molecular flexibility index (Phi) is 4.39. The van der Waals surface area contributed by atoms with Gasteiger partial charge in [-0.1, -0.05) is 0 Å². The van der Waals surface area contributed by atoms with Crippen LogP contribution in [-0.2, 0) is 13.1 Å². The van der Waals surface area contributed by atoms with E-state index in [1.807, 2.05) is 12.1 Å². The topological polar surface area (TPSA) is 77.0 Å². The number of pyridine rings is 1. The molecule has 7 heteroatoms. The first kappa shape index (κ1) is 15.7. The zero-order chi connectivity index (χ0) is 17.1. The molecule has 4 rings (SSSR count). The van der Waals surface area contributed by atoms with Crippen LogP contribution < -0.4 is 5.56 Å². The van der Waals surface area contributed by atoms with Crippen LogP contribution in [0.3, 0.4) is 0 Å². The Morgan fingerprint density at radius 3 is 3.04 bits per heavy atom. The summed E-state index contributed by atoms with van der Waals surface area (Å²) in [5.74, 6) is 0. The van der Waals surface area contributed by atoms with Gasteiger partial charge in [-0.15, -0.1) is 0 Å². The van der Waals surface area contributed by atoms with Gasteiger partial charge in [-0.25, -0.2) is 9.67 Å². The van der Waals surface area contributed by atoms with Crippen LogP contribution in [0.25, 0.3) is 11.3 Å². The molecule has 0 amide bonds. The normalized spacial score (nSPS) is 17.8. The van der Waals surface area contributed by atoms with Gasteiger partial charge in [0.1, 0.15) is 6.26 Å². The fourth-order valence-electron chi connectivity index (χ4n) is 3.28. The van der Waals surface area contributed by atoms with Crippen molar-refractivity contribution in [1.29, 1.82) is 0 Å². The summed E-state index contributed by atoms with van der Waals surface area (Å²) in [7, 11) is 0. The van der Waals surface area contributed by atoms with E-state index in [1.54, 1.807) is 35.5 Å². The molecule has 1 aliphatic heterocycles. The lowest BCUT2D eigenvalue weighted by Gasteiger charge is -2.23. The summed E-state index contributed by atoms with van der Waals surface area (Å²) in [6.45, 7) is 2.30. The number of rotatable bonds is 5. The van der Waals surface area contributed by atoms with Crippen LogP contribution in [0.15, 0.2) is 58.5 Å². The van der Waals surface area contributed by atoms with E-state index in [1.165, 1.54) is 6.39 Å². The van der Waals surface area contributed by atoms with Gasteiger partial charge in [-0.2, -0.15) is 5.10 Å². The van der Waals surface area contributed by atoms with Gasteiger partial charge >= 0.3 is 0 Å². The van der Waals surface area contributed by atoms with Crippen LogP contribution >= 0.6 is 0 Å². The second kappa shape index (κ2) is 6.98. The highest BCUT2D eigenvalue weighted by Crippen LogP contribution is 2.21. The molecule has 1 unspecified atom stereocenters. The first-order valence-corrected chi connectivity index (χ1v) is 8.39. The number of aromatic nitrogens is 4. The molecule has 1 atom stereocenters. The van der Waals surface area contributed by atoms with Gasteiger partial charge in [0.25, 0.3) is 5.56 Å². The second-order valence-electron chi connectivity index (χ2n) is 6.23. The minimum absolute atomic E-state index is 0.0825. The molecule has 1 fully saturated rings. The maximum atomic E-state index is 12.3. The molecular formula is C18H19N5O2. The first-order chi connectivity index (χ1) is 12.3. The Hall–Kier alpha value is -2.80. The molecule has 0 aliphatic carbocycles. The van der Waals surface area contributed by atoms with E-state index >= 15 is 0 Å². The highest BCUT2D eigenvalue weighted by atomic mass is 16.3. The lowest BCUT2D eigenvalue weighted by Crippen LogP contribution is -2.36. The number of hydrogen-bond acceptors (Lipinski definition) is 6. The number of likely N-dealkylation sites (tertiary alicyclic amines) is 1. The van der Waals surface area contributed by atoms with Crippen LogP contribution in [0.2, 0.25) is 0 Å². The molecule has 3 aromatic rings. The van der Waals surface area contributed by atoms with Gasteiger partial charge in [0.2, 0.25) is 0 Å². The van der Waals surface area contributed by atoms with E-state index in [0.717, 1.165) is 42.9 Å². The van der Waals surface area contributed by atoms with Crippen LogP contribution in [-0.4, -0.2) is 37.2 Å². The van der Waals surface area contributed by atoms with Crippen molar-refractivity contribution in [2.24, 2.45) is 0 Å². The average Bonchev–Trinajstić information content (AvgIpc) is 3.31. The third-order valence-corrected chi connectivity index (χ3v) is 4.56. The SMILES string of the molecule is O=c1ccc(-c2cccnc2)nn1CC1CCCN1Cc1cocn1. The smallest absolute Gasteiger partial charge is 0.266 e. The van der Waals surface area contributed by atoms with Crippen molar-refractivity contribution in [3.05, 3.63) is 65.4 Å². The quantitative estimate of drug-likeness (QED) is 0.708. The van der Waals surface area contributed by atoms with Gasteiger partial charge in [0.15, 0.2) is 6.39 Å². The van der Waals surface area contributed by atoms with Crippen LogP contribution in [0.4, 0.5) is 0 Å². The van der Waals surface area contributed by atoms with Crippen molar-refractivity contribution in [3.8, 4) is 11.3 Å². The van der Waals surface area contributed by atoms with Gasteiger partial charge in [-0.3, -0.25) is 14.7 Å². The molecule has 0 N–H and O–H groups in total. The third kappa shape index (κ3) is 3.51. The molecule has 0 radical (unpaired) electrons. The van der Waals surface area contributed by atoms with Gasteiger partial charge < -0.3 is 4.42 Å². The zero-order valence-electron chi connectivity index (χ0n) is 13.8. The molecule has 0 aromatic carbocycles. The zero-order valence-corrected chi connectivity index (χ0v) is 13.8. The molecule has 4 heterocycles. The van der Waals surface area contributed by atoms with Gasteiger partial charge in [0.05, 0.1) is 17.9 Å².